The van der Waals surface area contributed by atoms with E-state index in [0.29, 0.717) is 12.6 Å². The van der Waals surface area contributed by atoms with Crippen LogP contribution < -0.4 is 16.6 Å². The van der Waals surface area contributed by atoms with Crippen LogP contribution in [0, 0.1) is 0 Å². The van der Waals surface area contributed by atoms with Crippen molar-refractivity contribution < 1.29 is 9.59 Å². The second kappa shape index (κ2) is 6.03. The number of nitrogens with two attached hydrogens (primary N) is 2. The van der Waals surface area contributed by atoms with Crippen molar-refractivity contribution in [2.75, 3.05) is 38.7 Å². The first-order valence-electron chi connectivity index (χ1n) is 6.94. The van der Waals surface area contributed by atoms with E-state index in [4.69, 9.17) is 23.1 Å². The number of rotatable bonds is 3. The SMILES string of the molecule is C[N+]1(C)CCCC[C@@H]1CN=C([O-])c1nc(Cl)c(N)nc1N. The third-order valence-corrected chi connectivity index (χ3v) is 4.34. The predicted octanol–water partition coefficient (Wildman–Crippen LogP) is 0.0302. The van der Waals surface area contributed by atoms with Crippen molar-refractivity contribution in [3.05, 3.63) is 10.8 Å². The molecule has 1 aromatic heterocycles. The summed E-state index contributed by atoms with van der Waals surface area (Å²) >= 11 is 5.77. The molecule has 1 saturated heterocycles. The number of aromatic nitrogens is 2. The van der Waals surface area contributed by atoms with Gasteiger partial charge in [-0.15, -0.1) is 0 Å². The van der Waals surface area contributed by atoms with Gasteiger partial charge in [0.1, 0.15) is 11.7 Å². The van der Waals surface area contributed by atoms with Gasteiger partial charge in [0, 0.05) is 12.3 Å². The number of halogens is 1. The zero-order valence-electron chi connectivity index (χ0n) is 12.3. The summed E-state index contributed by atoms with van der Waals surface area (Å²) in [5, 5.41) is 12.1. The van der Waals surface area contributed by atoms with E-state index < -0.39 is 5.90 Å². The second-order valence-electron chi connectivity index (χ2n) is 5.93. The molecule has 0 unspecified atom stereocenters. The van der Waals surface area contributed by atoms with Crippen LogP contribution in [-0.2, 0) is 0 Å². The molecule has 0 aromatic carbocycles. The molecule has 1 fully saturated rings. The molecule has 0 amide bonds. The van der Waals surface area contributed by atoms with Gasteiger partial charge in [-0.3, -0.25) is 4.99 Å². The Bertz CT molecular complexity index is 560. The van der Waals surface area contributed by atoms with E-state index in [9.17, 15) is 5.11 Å². The van der Waals surface area contributed by atoms with Crippen LogP contribution in [0.15, 0.2) is 4.99 Å². The van der Waals surface area contributed by atoms with E-state index in [0.717, 1.165) is 17.4 Å². The number of hydrogen-bond acceptors (Lipinski definition) is 6. The van der Waals surface area contributed by atoms with E-state index in [1.165, 1.54) is 12.8 Å². The van der Waals surface area contributed by atoms with Gasteiger partial charge < -0.3 is 21.1 Å². The van der Waals surface area contributed by atoms with Crippen LogP contribution in [0.5, 0.6) is 0 Å². The minimum Gasteiger partial charge on any atom is -0.857 e. The number of piperidine rings is 1. The van der Waals surface area contributed by atoms with Gasteiger partial charge in [-0.2, -0.15) is 0 Å². The summed E-state index contributed by atoms with van der Waals surface area (Å²) in [5.41, 5.74) is 11.1. The fourth-order valence-electron chi connectivity index (χ4n) is 2.61. The molecule has 0 aliphatic carbocycles. The van der Waals surface area contributed by atoms with Crippen LogP contribution in [0.2, 0.25) is 5.15 Å². The second-order valence-corrected chi connectivity index (χ2v) is 6.29. The molecule has 4 N–H and O–H groups in total. The molecule has 0 radical (unpaired) electrons. The predicted molar refractivity (Wildman–Crippen MR) is 81.9 cm³/mol. The summed E-state index contributed by atoms with van der Waals surface area (Å²) in [5.74, 6) is -0.522. The molecule has 1 aliphatic rings. The molecule has 116 valence electrons. The number of likely N-dealkylation sites (tertiary alicyclic amines) is 1. The van der Waals surface area contributed by atoms with Crippen molar-refractivity contribution in [2.45, 2.75) is 25.3 Å². The van der Waals surface area contributed by atoms with E-state index in [1.54, 1.807) is 0 Å². The minimum absolute atomic E-state index is 0.01000. The molecular weight excluding hydrogens is 292 g/mol. The van der Waals surface area contributed by atoms with Crippen molar-refractivity contribution in [1.82, 2.24) is 9.97 Å². The molecule has 0 saturated carbocycles. The van der Waals surface area contributed by atoms with Crippen molar-refractivity contribution in [1.29, 1.82) is 0 Å². The van der Waals surface area contributed by atoms with Crippen LogP contribution in [0.25, 0.3) is 0 Å². The van der Waals surface area contributed by atoms with Gasteiger partial charge in [0.15, 0.2) is 16.8 Å². The van der Waals surface area contributed by atoms with E-state index >= 15 is 0 Å². The van der Waals surface area contributed by atoms with Gasteiger partial charge in [-0.1, -0.05) is 11.6 Å². The highest BCUT2D eigenvalue weighted by molar-refractivity contribution is 6.31. The van der Waals surface area contributed by atoms with E-state index in [2.05, 4.69) is 29.1 Å². The lowest BCUT2D eigenvalue weighted by atomic mass is 10.0. The van der Waals surface area contributed by atoms with Gasteiger partial charge in [0.05, 0.1) is 27.2 Å². The Morgan fingerprint density at radius 2 is 2.05 bits per heavy atom. The van der Waals surface area contributed by atoms with Gasteiger partial charge in [0.25, 0.3) is 0 Å². The third kappa shape index (κ3) is 3.54. The van der Waals surface area contributed by atoms with Crippen molar-refractivity contribution in [2.24, 2.45) is 4.99 Å². The van der Waals surface area contributed by atoms with Crippen molar-refractivity contribution in [3.8, 4) is 0 Å². The first kappa shape index (κ1) is 15.8. The Morgan fingerprint density at radius 3 is 2.71 bits per heavy atom. The highest BCUT2D eigenvalue weighted by Gasteiger charge is 2.30. The van der Waals surface area contributed by atoms with Crippen LogP contribution in [0.1, 0.15) is 25.0 Å². The maximum absolute atomic E-state index is 12.1. The van der Waals surface area contributed by atoms with E-state index in [-0.39, 0.29) is 22.5 Å². The van der Waals surface area contributed by atoms with Crippen LogP contribution in [0.3, 0.4) is 0 Å². The van der Waals surface area contributed by atoms with Gasteiger partial charge in [-0.25, -0.2) is 9.97 Å². The molecule has 0 bridgehead atoms. The first-order chi connectivity index (χ1) is 9.81. The van der Waals surface area contributed by atoms with Crippen LogP contribution in [-0.4, -0.2) is 53.6 Å². The normalized spacial score (nSPS) is 22.2. The minimum atomic E-state index is -0.493. The Kier molecular flexibility index (Phi) is 4.53. The fraction of sp³-hybridized carbons (Fsp3) is 0.615. The van der Waals surface area contributed by atoms with Crippen molar-refractivity contribution in [3.63, 3.8) is 0 Å². The molecule has 8 heteroatoms. The van der Waals surface area contributed by atoms with Gasteiger partial charge in [0.2, 0.25) is 0 Å². The third-order valence-electron chi connectivity index (χ3n) is 4.06. The summed E-state index contributed by atoms with van der Waals surface area (Å²) in [6, 6.07) is 0.334. The number of aliphatic imine (C=N–C) groups is 1. The number of anilines is 2. The largest absolute Gasteiger partial charge is 0.857 e. The molecule has 0 spiro atoms. The molecule has 1 aromatic rings. The first-order valence-corrected chi connectivity index (χ1v) is 7.32. The molecule has 21 heavy (non-hydrogen) atoms. The highest BCUT2D eigenvalue weighted by atomic mass is 35.5. The molecule has 2 heterocycles. The quantitative estimate of drug-likeness (QED) is 0.464. The number of hydrogen-bond donors (Lipinski definition) is 2. The molecule has 1 aliphatic heterocycles. The molecule has 7 nitrogen and oxygen atoms in total. The summed E-state index contributed by atoms with van der Waals surface area (Å²) in [7, 11) is 4.33. The Morgan fingerprint density at radius 1 is 1.33 bits per heavy atom. The summed E-state index contributed by atoms with van der Waals surface area (Å²) < 4.78 is 0.875. The summed E-state index contributed by atoms with van der Waals surface area (Å²) in [4.78, 5) is 11.8. The lowest BCUT2D eigenvalue weighted by Crippen LogP contribution is -2.53. The summed E-state index contributed by atoms with van der Waals surface area (Å²) in [6.07, 6.45) is 3.45. The average Bonchev–Trinajstić information content (AvgIpc) is 2.41. The standard InChI is InChI=1S/C13H21ClN6O/c1-20(2)6-4-3-5-8(20)7-17-13(21)9-11(15)19-12(16)10(14)18-9/h8H,3-7H2,1-2H3,(H4-,15,16,17,19,21)/t8-/m1/s1. The molecule has 2 rings (SSSR count). The molecular formula is C13H21ClN6O. The smallest absolute Gasteiger partial charge is 0.172 e. The summed E-state index contributed by atoms with van der Waals surface area (Å²) in [6.45, 7) is 1.55. The van der Waals surface area contributed by atoms with Gasteiger partial charge >= 0.3 is 0 Å². The lowest BCUT2D eigenvalue weighted by Gasteiger charge is -2.41. The Labute approximate surface area is 129 Å². The van der Waals surface area contributed by atoms with E-state index in [1.807, 2.05) is 0 Å². The number of nitrogen functional groups attached to an aromatic ring is 2. The zero-order chi connectivity index (χ0) is 15.6. The zero-order valence-corrected chi connectivity index (χ0v) is 13.1. The Balaban J connectivity index is 2.16. The highest BCUT2D eigenvalue weighted by Crippen LogP contribution is 2.22. The maximum Gasteiger partial charge on any atom is 0.172 e. The fourth-order valence-corrected chi connectivity index (χ4v) is 2.73. The van der Waals surface area contributed by atoms with Gasteiger partial charge in [-0.05, 0) is 12.8 Å². The topological polar surface area (TPSA) is 113 Å². The lowest BCUT2D eigenvalue weighted by molar-refractivity contribution is -0.918. The maximum atomic E-state index is 12.1. The Hall–Kier alpha value is -1.60. The van der Waals surface area contributed by atoms with Crippen molar-refractivity contribution >= 4 is 29.1 Å². The number of nitrogens with zero attached hydrogens (tertiary/aromatic N) is 4. The molecule has 1 atom stereocenters. The van der Waals surface area contributed by atoms with Crippen LogP contribution >= 0.6 is 11.6 Å². The number of likely N-dealkylation sites (N-methyl/N-ethyl adjacent to an activating group) is 1. The number of quaternary nitrogens is 1. The monoisotopic (exact) mass is 312 g/mol. The van der Waals surface area contributed by atoms with Crippen LogP contribution in [0.4, 0.5) is 11.6 Å². The average molecular weight is 313 g/mol.